The van der Waals surface area contributed by atoms with E-state index < -0.39 is 0 Å². The van der Waals surface area contributed by atoms with Gasteiger partial charge in [-0.05, 0) is 42.7 Å². The molecule has 12 nitrogen and oxygen atoms in total. The second-order valence-electron chi connectivity index (χ2n) is 11.9. The number of benzene rings is 2. The highest BCUT2D eigenvalue weighted by molar-refractivity contribution is 6.30. The first-order valence-corrected chi connectivity index (χ1v) is 16.4. The molecule has 248 valence electrons. The average molecular weight is 661 g/mol. The Bertz CT molecular complexity index is 1590. The van der Waals surface area contributed by atoms with E-state index >= 15 is 0 Å². The Morgan fingerprint density at radius 3 is 2.43 bits per heavy atom. The minimum atomic E-state index is -0.302. The van der Waals surface area contributed by atoms with E-state index in [2.05, 4.69) is 37.0 Å². The highest BCUT2D eigenvalue weighted by Crippen LogP contribution is 2.40. The molecular weight excluding hydrogens is 620 g/mol. The first-order chi connectivity index (χ1) is 22.8. The number of ether oxygens (including phenoxy) is 1. The van der Waals surface area contributed by atoms with Gasteiger partial charge in [0.1, 0.15) is 17.9 Å². The van der Waals surface area contributed by atoms with Crippen molar-refractivity contribution in [2.24, 2.45) is 0 Å². The summed E-state index contributed by atoms with van der Waals surface area (Å²) in [6.07, 6.45) is 5.53. The molecule has 6 rings (SSSR count). The van der Waals surface area contributed by atoms with Crippen molar-refractivity contribution in [3.05, 3.63) is 72.0 Å². The number of methoxy groups -OCH3 is 1. The highest BCUT2D eigenvalue weighted by Gasteiger charge is 2.31. The second kappa shape index (κ2) is 14.6. The van der Waals surface area contributed by atoms with Crippen molar-refractivity contribution in [3.8, 4) is 5.75 Å². The molecule has 1 aromatic heterocycles. The Morgan fingerprint density at radius 1 is 1.00 bits per heavy atom. The Hall–Kier alpha value is -4.39. The van der Waals surface area contributed by atoms with Gasteiger partial charge in [0.25, 0.3) is 0 Å². The summed E-state index contributed by atoms with van der Waals surface area (Å²) in [7, 11) is 1.62. The first-order valence-electron chi connectivity index (χ1n) is 16.0. The van der Waals surface area contributed by atoms with Crippen LogP contribution in [0, 0.1) is 0 Å². The van der Waals surface area contributed by atoms with Crippen LogP contribution in [-0.2, 0) is 14.4 Å². The van der Waals surface area contributed by atoms with E-state index in [0.717, 1.165) is 69.8 Å². The molecule has 3 aliphatic rings. The number of hydrogen-bond donors (Lipinski definition) is 2. The van der Waals surface area contributed by atoms with E-state index in [9.17, 15) is 9.59 Å². The van der Waals surface area contributed by atoms with Gasteiger partial charge in [-0.1, -0.05) is 30.3 Å². The minimum Gasteiger partial charge on any atom is -0.494 e. The number of rotatable bonds is 9. The van der Waals surface area contributed by atoms with Crippen molar-refractivity contribution in [1.82, 2.24) is 19.8 Å². The van der Waals surface area contributed by atoms with Crippen LogP contribution in [0.1, 0.15) is 37.8 Å². The van der Waals surface area contributed by atoms with Gasteiger partial charge in [-0.2, -0.15) is 0 Å². The van der Waals surface area contributed by atoms with Crippen molar-refractivity contribution in [1.29, 1.82) is 0 Å². The van der Waals surface area contributed by atoms with Gasteiger partial charge in [0, 0.05) is 75.8 Å². The summed E-state index contributed by atoms with van der Waals surface area (Å²) in [5, 5.41) is 8.85. The zero-order valence-electron chi connectivity index (χ0n) is 26.8. The fourth-order valence-corrected chi connectivity index (χ4v) is 6.74. The number of carbonyl (C=O) groups excluding carboxylic acids is 2. The molecule has 47 heavy (non-hydrogen) atoms. The summed E-state index contributed by atoms with van der Waals surface area (Å²) in [5.41, 5.74) is 3.24. The number of nitrogens with one attached hydrogen (secondary N) is 2. The maximum atomic E-state index is 12.5. The van der Waals surface area contributed by atoms with Crippen LogP contribution in [0.2, 0.25) is 5.02 Å². The number of anilines is 5. The number of carbonyl (C=O) groups is 2. The van der Waals surface area contributed by atoms with Crippen LogP contribution in [0.4, 0.5) is 28.7 Å². The van der Waals surface area contributed by atoms with Crippen LogP contribution >= 0.6 is 11.6 Å². The molecule has 0 saturated carbocycles. The lowest BCUT2D eigenvalue weighted by atomic mass is 10.0. The third-order valence-electron chi connectivity index (χ3n) is 9.14. The third kappa shape index (κ3) is 7.45. The maximum absolute atomic E-state index is 12.5. The number of halogens is 1. The van der Waals surface area contributed by atoms with Gasteiger partial charge in [0.15, 0.2) is 5.82 Å². The SMILES string of the molecule is C=CC(=O)Nc1cc(Nc2cc(N3OCC[C@@H]3c3ccc(Cl)cc3)ncn2)c(OC)cc1N1CCC(N2CCN(C(C)=O)CC2)CC1. The number of piperazine rings is 1. The van der Waals surface area contributed by atoms with Gasteiger partial charge in [-0.3, -0.25) is 19.3 Å². The molecule has 2 N–H and O–H groups in total. The van der Waals surface area contributed by atoms with Crippen LogP contribution < -0.4 is 25.3 Å². The van der Waals surface area contributed by atoms with E-state index in [0.29, 0.717) is 46.4 Å². The molecule has 3 saturated heterocycles. The average Bonchev–Trinajstić information content (AvgIpc) is 3.59. The molecule has 0 unspecified atom stereocenters. The predicted octanol–water partition coefficient (Wildman–Crippen LogP) is 5.02. The zero-order chi connectivity index (χ0) is 32.9. The molecule has 2 aromatic carbocycles. The molecule has 1 atom stereocenters. The first kappa shape index (κ1) is 32.5. The lowest BCUT2D eigenvalue weighted by Gasteiger charge is -2.43. The van der Waals surface area contributed by atoms with Crippen molar-refractivity contribution < 1.29 is 19.2 Å². The summed E-state index contributed by atoms with van der Waals surface area (Å²) in [4.78, 5) is 46.0. The second-order valence-corrected chi connectivity index (χ2v) is 12.4. The van der Waals surface area contributed by atoms with Crippen molar-refractivity contribution in [2.75, 3.05) is 73.6 Å². The van der Waals surface area contributed by atoms with Crippen LogP contribution in [0.15, 0.2) is 61.4 Å². The van der Waals surface area contributed by atoms with E-state index in [1.807, 2.05) is 47.4 Å². The molecule has 3 aliphatic heterocycles. The fraction of sp³-hybridized carbons (Fsp3) is 0.412. The van der Waals surface area contributed by atoms with Gasteiger partial charge in [0.05, 0.1) is 36.8 Å². The summed E-state index contributed by atoms with van der Waals surface area (Å²) in [6, 6.07) is 13.8. The maximum Gasteiger partial charge on any atom is 0.247 e. The zero-order valence-corrected chi connectivity index (χ0v) is 27.6. The molecule has 13 heteroatoms. The highest BCUT2D eigenvalue weighted by atomic mass is 35.5. The monoisotopic (exact) mass is 660 g/mol. The van der Waals surface area contributed by atoms with Crippen molar-refractivity contribution in [3.63, 3.8) is 0 Å². The van der Waals surface area contributed by atoms with Gasteiger partial charge < -0.3 is 25.2 Å². The van der Waals surface area contributed by atoms with E-state index in [1.165, 1.54) is 12.4 Å². The lowest BCUT2D eigenvalue weighted by molar-refractivity contribution is -0.131. The molecule has 0 aliphatic carbocycles. The number of piperidine rings is 1. The summed E-state index contributed by atoms with van der Waals surface area (Å²) >= 11 is 6.12. The smallest absolute Gasteiger partial charge is 0.247 e. The predicted molar refractivity (Wildman–Crippen MR) is 183 cm³/mol. The molecule has 0 radical (unpaired) electrons. The minimum absolute atomic E-state index is 0.0150. The van der Waals surface area contributed by atoms with Gasteiger partial charge >= 0.3 is 0 Å². The number of nitrogens with zero attached hydrogens (tertiary/aromatic N) is 6. The van der Waals surface area contributed by atoms with Gasteiger partial charge in [-0.25, -0.2) is 15.0 Å². The van der Waals surface area contributed by atoms with Gasteiger partial charge in [0.2, 0.25) is 11.8 Å². The van der Waals surface area contributed by atoms with Crippen LogP contribution in [0.5, 0.6) is 5.75 Å². The van der Waals surface area contributed by atoms with Crippen molar-refractivity contribution >= 4 is 52.1 Å². The third-order valence-corrected chi connectivity index (χ3v) is 9.39. The largest absolute Gasteiger partial charge is 0.494 e. The quantitative estimate of drug-likeness (QED) is 0.303. The number of aromatic nitrogens is 2. The molecular formula is C34H41ClN8O4. The molecule has 3 fully saturated rings. The summed E-state index contributed by atoms with van der Waals surface area (Å²) < 4.78 is 5.84. The fourth-order valence-electron chi connectivity index (χ4n) is 6.61. The van der Waals surface area contributed by atoms with E-state index in [4.69, 9.17) is 21.2 Å². The Kier molecular flexibility index (Phi) is 10.1. The van der Waals surface area contributed by atoms with E-state index in [1.54, 1.807) is 19.1 Å². The van der Waals surface area contributed by atoms with Gasteiger partial charge in [-0.15, -0.1) is 0 Å². The lowest BCUT2D eigenvalue weighted by Crippen LogP contribution is -2.54. The molecule has 0 spiro atoms. The van der Waals surface area contributed by atoms with Crippen LogP contribution in [0.3, 0.4) is 0 Å². The van der Waals surface area contributed by atoms with E-state index in [-0.39, 0.29) is 17.9 Å². The number of amides is 2. The normalized spacial score (nSPS) is 19.0. The van der Waals surface area contributed by atoms with Crippen LogP contribution in [-0.4, -0.2) is 90.6 Å². The number of hydroxylamine groups is 1. The van der Waals surface area contributed by atoms with Crippen molar-refractivity contribution in [2.45, 2.75) is 38.3 Å². The Labute approximate surface area is 280 Å². The Morgan fingerprint density at radius 2 is 1.74 bits per heavy atom. The summed E-state index contributed by atoms with van der Waals surface area (Å²) in [6.45, 7) is 10.8. The molecule has 0 bridgehead atoms. The molecule has 3 aromatic rings. The van der Waals surface area contributed by atoms with Crippen LogP contribution in [0.25, 0.3) is 0 Å². The number of hydrogen-bond acceptors (Lipinski definition) is 10. The summed E-state index contributed by atoms with van der Waals surface area (Å²) in [5.74, 6) is 1.60. The Balaban J connectivity index is 1.20. The standard InChI is InChI=1S/C34H41ClN8O4/c1-4-34(45)39-27-19-28(38-32-21-33(37-22-36-32)43-29(11-18-47-43)24-5-7-25(35)8-6-24)31(46-3)20-30(27)42-12-9-26(10-13-42)41-16-14-40(15-17-41)23(2)44/h4-8,19-22,26,29H,1,9-18H2,2-3H3,(H,39,45)(H,36,37,38)/t29-/m1/s1. The molecule has 2 amide bonds. The topological polar surface area (TPSA) is 115 Å². The molecule has 4 heterocycles.